The summed E-state index contributed by atoms with van der Waals surface area (Å²) in [7, 11) is 0. The zero-order valence-electron chi connectivity index (χ0n) is 8.21. The second-order valence-electron chi connectivity index (χ2n) is 5.03. The zero-order valence-corrected chi connectivity index (χ0v) is 8.21. The van der Waals surface area contributed by atoms with Crippen LogP contribution in [-0.4, -0.2) is 13.1 Å². The van der Waals surface area contributed by atoms with Crippen LogP contribution < -0.4 is 5.32 Å². The summed E-state index contributed by atoms with van der Waals surface area (Å²) in [6.07, 6.45) is 10.8. The summed E-state index contributed by atoms with van der Waals surface area (Å²) < 4.78 is 0. The van der Waals surface area contributed by atoms with Crippen LogP contribution in [0.1, 0.15) is 25.7 Å². The van der Waals surface area contributed by atoms with Crippen molar-refractivity contribution in [1.29, 1.82) is 0 Å². The molecule has 3 aliphatic rings. The lowest BCUT2D eigenvalue weighted by Crippen LogP contribution is -2.32. The Morgan fingerprint density at radius 3 is 2.46 bits per heavy atom. The van der Waals surface area contributed by atoms with E-state index in [0.29, 0.717) is 0 Å². The van der Waals surface area contributed by atoms with Crippen molar-refractivity contribution < 1.29 is 0 Å². The number of allylic oxidation sites excluding steroid dienone is 2. The lowest BCUT2D eigenvalue weighted by Gasteiger charge is -2.31. The Bertz CT molecular complexity index is 215. The Morgan fingerprint density at radius 1 is 1.00 bits per heavy atom. The summed E-state index contributed by atoms with van der Waals surface area (Å²) in [6, 6.07) is 0. The van der Waals surface area contributed by atoms with Gasteiger partial charge < -0.3 is 5.32 Å². The van der Waals surface area contributed by atoms with Crippen LogP contribution in [0.5, 0.6) is 0 Å². The molecule has 2 bridgehead atoms. The van der Waals surface area contributed by atoms with Gasteiger partial charge in [0.05, 0.1) is 0 Å². The van der Waals surface area contributed by atoms with Gasteiger partial charge in [-0.2, -0.15) is 0 Å². The molecule has 2 fully saturated rings. The van der Waals surface area contributed by atoms with E-state index in [4.69, 9.17) is 0 Å². The summed E-state index contributed by atoms with van der Waals surface area (Å²) in [5.41, 5.74) is 0. The molecule has 0 aromatic heterocycles. The van der Waals surface area contributed by atoms with Crippen molar-refractivity contribution in [1.82, 2.24) is 5.32 Å². The average molecular weight is 177 g/mol. The lowest BCUT2D eigenvalue weighted by atomic mass is 9.77. The zero-order chi connectivity index (χ0) is 8.67. The first-order chi connectivity index (χ1) is 6.43. The molecule has 1 saturated carbocycles. The topological polar surface area (TPSA) is 12.0 Å². The number of hydrogen-bond acceptors (Lipinski definition) is 1. The molecule has 0 aromatic carbocycles. The van der Waals surface area contributed by atoms with E-state index < -0.39 is 0 Å². The molecule has 1 heteroatoms. The minimum absolute atomic E-state index is 0.963. The molecule has 1 aliphatic heterocycles. The third kappa shape index (κ3) is 1.34. The largest absolute Gasteiger partial charge is 0.317 e. The molecule has 3 atom stereocenters. The van der Waals surface area contributed by atoms with Gasteiger partial charge in [0.25, 0.3) is 0 Å². The molecule has 2 aliphatic carbocycles. The summed E-state index contributed by atoms with van der Waals surface area (Å²) in [4.78, 5) is 0. The van der Waals surface area contributed by atoms with Gasteiger partial charge in [-0.3, -0.25) is 0 Å². The Labute approximate surface area is 80.6 Å². The van der Waals surface area contributed by atoms with Gasteiger partial charge in [0.2, 0.25) is 0 Å². The van der Waals surface area contributed by atoms with Gasteiger partial charge in [-0.05, 0) is 62.4 Å². The quantitative estimate of drug-likeness (QED) is 0.605. The summed E-state index contributed by atoms with van der Waals surface area (Å²) in [5.74, 6) is 4.02. The molecular weight excluding hydrogens is 158 g/mol. The molecule has 3 unspecified atom stereocenters. The van der Waals surface area contributed by atoms with E-state index in [1.165, 1.54) is 38.8 Å². The van der Waals surface area contributed by atoms with E-state index in [0.717, 1.165) is 23.7 Å². The fraction of sp³-hybridized carbons (Fsp3) is 0.833. The van der Waals surface area contributed by atoms with Crippen LogP contribution in [0, 0.1) is 23.7 Å². The standard InChI is InChI=1S/C12H19N/c1-2-11-7-9(1)8-12(11)10-3-5-13-6-4-10/h1-2,9-13H,3-8H2. The maximum Gasteiger partial charge on any atom is -0.00462 e. The first kappa shape index (κ1) is 8.05. The second-order valence-corrected chi connectivity index (χ2v) is 5.03. The van der Waals surface area contributed by atoms with Crippen molar-refractivity contribution in [2.45, 2.75) is 25.7 Å². The Morgan fingerprint density at radius 2 is 1.85 bits per heavy atom. The minimum atomic E-state index is 0.963. The van der Waals surface area contributed by atoms with E-state index in [2.05, 4.69) is 17.5 Å². The van der Waals surface area contributed by atoms with Crippen molar-refractivity contribution in [3.8, 4) is 0 Å². The number of fused-ring (bicyclic) bond motifs is 2. The third-order valence-corrected chi connectivity index (χ3v) is 4.32. The van der Waals surface area contributed by atoms with E-state index >= 15 is 0 Å². The fourth-order valence-corrected chi connectivity index (χ4v) is 3.64. The monoisotopic (exact) mass is 177 g/mol. The second kappa shape index (κ2) is 3.13. The Hall–Kier alpha value is -0.300. The normalized spacial score (nSPS) is 44.5. The predicted octanol–water partition coefficient (Wildman–Crippen LogP) is 2.20. The Kier molecular flexibility index (Phi) is 1.93. The summed E-state index contributed by atoms with van der Waals surface area (Å²) in [5, 5.41) is 3.46. The summed E-state index contributed by atoms with van der Waals surface area (Å²) in [6.45, 7) is 2.53. The average Bonchev–Trinajstić information content (AvgIpc) is 2.80. The van der Waals surface area contributed by atoms with Crippen LogP contribution in [-0.2, 0) is 0 Å². The highest BCUT2D eigenvalue weighted by Gasteiger charge is 2.39. The summed E-state index contributed by atoms with van der Waals surface area (Å²) >= 11 is 0. The molecule has 1 N–H and O–H groups in total. The lowest BCUT2D eigenvalue weighted by molar-refractivity contribution is 0.228. The first-order valence-corrected chi connectivity index (χ1v) is 5.82. The molecule has 1 saturated heterocycles. The molecule has 0 amide bonds. The molecule has 1 nitrogen and oxygen atoms in total. The third-order valence-electron chi connectivity index (χ3n) is 4.32. The number of hydrogen-bond donors (Lipinski definition) is 1. The van der Waals surface area contributed by atoms with Crippen LogP contribution in [0.15, 0.2) is 12.2 Å². The fourth-order valence-electron chi connectivity index (χ4n) is 3.64. The molecule has 1 heterocycles. The van der Waals surface area contributed by atoms with Crippen molar-refractivity contribution >= 4 is 0 Å². The molecule has 13 heavy (non-hydrogen) atoms. The van der Waals surface area contributed by atoms with Crippen molar-refractivity contribution in [3.05, 3.63) is 12.2 Å². The van der Waals surface area contributed by atoms with Crippen molar-refractivity contribution in [3.63, 3.8) is 0 Å². The maximum atomic E-state index is 3.46. The number of rotatable bonds is 1. The van der Waals surface area contributed by atoms with E-state index in [-0.39, 0.29) is 0 Å². The number of piperidine rings is 1. The van der Waals surface area contributed by atoms with Crippen LogP contribution in [0.2, 0.25) is 0 Å². The molecule has 0 radical (unpaired) electrons. The highest BCUT2D eigenvalue weighted by molar-refractivity contribution is 5.11. The van der Waals surface area contributed by atoms with Gasteiger partial charge in [-0.25, -0.2) is 0 Å². The van der Waals surface area contributed by atoms with E-state index in [1.807, 2.05) is 0 Å². The molecular formula is C12H19N. The Balaban J connectivity index is 1.68. The molecule has 72 valence electrons. The molecule has 0 spiro atoms. The number of nitrogens with one attached hydrogen (secondary N) is 1. The van der Waals surface area contributed by atoms with E-state index in [1.54, 1.807) is 0 Å². The smallest absolute Gasteiger partial charge is 0.00462 e. The maximum absolute atomic E-state index is 3.46. The van der Waals surface area contributed by atoms with Crippen LogP contribution in [0.25, 0.3) is 0 Å². The van der Waals surface area contributed by atoms with Gasteiger partial charge in [0, 0.05) is 0 Å². The van der Waals surface area contributed by atoms with Gasteiger partial charge in [-0.1, -0.05) is 12.2 Å². The molecule has 3 rings (SSSR count). The van der Waals surface area contributed by atoms with Crippen LogP contribution in [0.3, 0.4) is 0 Å². The predicted molar refractivity (Wildman–Crippen MR) is 54.4 cm³/mol. The van der Waals surface area contributed by atoms with Crippen LogP contribution in [0.4, 0.5) is 0 Å². The van der Waals surface area contributed by atoms with Gasteiger partial charge in [-0.15, -0.1) is 0 Å². The van der Waals surface area contributed by atoms with E-state index in [9.17, 15) is 0 Å². The molecule has 0 aromatic rings. The van der Waals surface area contributed by atoms with Crippen molar-refractivity contribution in [2.24, 2.45) is 23.7 Å². The van der Waals surface area contributed by atoms with Crippen LogP contribution >= 0.6 is 0 Å². The van der Waals surface area contributed by atoms with Gasteiger partial charge in [0.1, 0.15) is 0 Å². The highest BCUT2D eigenvalue weighted by atomic mass is 14.9. The minimum Gasteiger partial charge on any atom is -0.317 e. The SMILES string of the molecule is C1=CC2CC1CC2C1CCNCC1. The first-order valence-electron chi connectivity index (χ1n) is 5.82. The highest BCUT2D eigenvalue weighted by Crippen LogP contribution is 2.48. The van der Waals surface area contributed by atoms with Crippen molar-refractivity contribution in [2.75, 3.05) is 13.1 Å². The van der Waals surface area contributed by atoms with Gasteiger partial charge in [0.15, 0.2) is 0 Å². The van der Waals surface area contributed by atoms with Gasteiger partial charge >= 0.3 is 0 Å².